The van der Waals surface area contributed by atoms with Crippen LogP contribution in [-0.2, 0) is 0 Å². The molecule has 1 saturated carbocycles. The van der Waals surface area contributed by atoms with Crippen LogP contribution in [0.1, 0.15) is 44.2 Å². The van der Waals surface area contributed by atoms with Crippen LogP contribution in [0, 0.1) is 0 Å². The Bertz CT molecular complexity index is 493. The van der Waals surface area contributed by atoms with Crippen LogP contribution < -0.4 is 10.1 Å². The molecule has 3 nitrogen and oxygen atoms in total. The smallest absolute Gasteiger partial charge is 0.289 e. The number of nitrogens with one attached hydrogen (secondary N) is 1. The summed E-state index contributed by atoms with van der Waals surface area (Å²) in [5, 5.41) is 13.7. The van der Waals surface area contributed by atoms with Gasteiger partial charge in [0.2, 0.25) is 0 Å². The maximum Gasteiger partial charge on any atom is 0.289 e. The summed E-state index contributed by atoms with van der Waals surface area (Å²) >= 11 is 0.484. The minimum Gasteiger partial charge on any atom is -0.496 e. The third kappa shape index (κ3) is 4.57. The molecule has 2 N–H and O–H groups in total. The Kier molecular flexibility index (Phi) is 6.06. The van der Waals surface area contributed by atoms with Gasteiger partial charge in [0.1, 0.15) is 5.75 Å². The van der Waals surface area contributed by atoms with Crippen molar-refractivity contribution in [1.82, 2.24) is 5.32 Å². The van der Waals surface area contributed by atoms with Crippen LogP contribution in [0.4, 0.5) is 8.78 Å². The fourth-order valence-corrected chi connectivity index (χ4v) is 3.41. The van der Waals surface area contributed by atoms with Crippen molar-refractivity contribution in [3.8, 4) is 5.75 Å². The van der Waals surface area contributed by atoms with E-state index in [4.69, 9.17) is 4.74 Å². The second kappa shape index (κ2) is 7.62. The molecule has 124 valence electrons. The normalized spacial score (nSPS) is 18.6. The molecule has 0 aromatic heterocycles. The fraction of sp³-hybridized carbons (Fsp3) is 0.625. The van der Waals surface area contributed by atoms with E-state index in [1.165, 1.54) is 7.11 Å². The van der Waals surface area contributed by atoms with E-state index in [1.54, 1.807) is 12.1 Å². The highest BCUT2D eigenvalue weighted by Gasteiger charge is 2.31. The lowest BCUT2D eigenvalue weighted by atomic mass is 10.0. The lowest BCUT2D eigenvalue weighted by Gasteiger charge is -2.25. The van der Waals surface area contributed by atoms with Crippen molar-refractivity contribution < 1.29 is 18.6 Å². The van der Waals surface area contributed by atoms with Crippen LogP contribution in [-0.4, -0.2) is 30.1 Å². The Morgan fingerprint density at radius 3 is 2.64 bits per heavy atom. The Labute approximate surface area is 134 Å². The minimum absolute atomic E-state index is 0.0177. The Morgan fingerprint density at radius 1 is 1.36 bits per heavy atom. The molecular formula is C16H23F2NO2S. The quantitative estimate of drug-likeness (QED) is 0.742. The van der Waals surface area contributed by atoms with E-state index in [0.29, 0.717) is 29.0 Å². The van der Waals surface area contributed by atoms with Crippen molar-refractivity contribution >= 4 is 11.8 Å². The molecule has 22 heavy (non-hydrogen) atoms. The van der Waals surface area contributed by atoms with Crippen molar-refractivity contribution in [2.75, 3.05) is 13.7 Å². The molecule has 6 heteroatoms. The molecule has 0 heterocycles. The van der Waals surface area contributed by atoms with Gasteiger partial charge < -0.3 is 15.2 Å². The standard InChI is InChI=1S/C16H23F2NO2S/c1-11(19-10-16(20)7-3-4-8-16)12-5-6-14(22-15(17)18)13(9-12)21-2/h5-6,9,11,15,19-20H,3-4,7-8,10H2,1-2H3. The van der Waals surface area contributed by atoms with Gasteiger partial charge >= 0.3 is 0 Å². The van der Waals surface area contributed by atoms with E-state index in [9.17, 15) is 13.9 Å². The lowest BCUT2D eigenvalue weighted by molar-refractivity contribution is 0.0453. The Balaban J connectivity index is 2.01. The predicted molar refractivity (Wildman–Crippen MR) is 84.7 cm³/mol. The van der Waals surface area contributed by atoms with Gasteiger partial charge in [-0.25, -0.2) is 0 Å². The van der Waals surface area contributed by atoms with Crippen LogP contribution in [0.3, 0.4) is 0 Å². The Hall–Kier alpha value is -0.850. The molecule has 0 bridgehead atoms. The van der Waals surface area contributed by atoms with Gasteiger partial charge in [-0.1, -0.05) is 30.7 Å². The second-order valence-electron chi connectivity index (χ2n) is 5.82. The molecule has 0 amide bonds. The van der Waals surface area contributed by atoms with Gasteiger partial charge in [0.05, 0.1) is 17.6 Å². The van der Waals surface area contributed by atoms with E-state index in [-0.39, 0.29) is 6.04 Å². The van der Waals surface area contributed by atoms with Gasteiger partial charge in [0, 0.05) is 12.6 Å². The summed E-state index contributed by atoms with van der Waals surface area (Å²) in [6, 6.07) is 5.28. The first-order chi connectivity index (χ1) is 10.4. The number of benzene rings is 1. The number of methoxy groups -OCH3 is 1. The zero-order valence-corrected chi connectivity index (χ0v) is 13.8. The van der Waals surface area contributed by atoms with E-state index in [2.05, 4.69) is 5.32 Å². The maximum absolute atomic E-state index is 12.5. The largest absolute Gasteiger partial charge is 0.496 e. The molecular weight excluding hydrogens is 308 g/mol. The van der Waals surface area contributed by atoms with Crippen LogP contribution in [0.15, 0.2) is 23.1 Å². The van der Waals surface area contributed by atoms with Crippen LogP contribution >= 0.6 is 11.8 Å². The lowest BCUT2D eigenvalue weighted by Crippen LogP contribution is -2.39. The molecule has 2 rings (SSSR count). The molecule has 1 aromatic rings. The van der Waals surface area contributed by atoms with E-state index < -0.39 is 11.4 Å². The van der Waals surface area contributed by atoms with Crippen LogP contribution in [0.25, 0.3) is 0 Å². The maximum atomic E-state index is 12.5. The summed E-state index contributed by atoms with van der Waals surface area (Å²) in [6.07, 6.45) is 3.81. The number of rotatable bonds is 7. The zero-order valence-electron chi connectivity index (χ0n) is 12.9. The first-order valence-corrected chi connectivity index (χ1v) is 8.40. The van der Waals surface area contributed by atoms with Gasteiger partial charge in [-0.05, 0) is 37.5 Å². The van der Waals surface area contributed by atoms with Crippen molar-refractivity contribution in [1.29, 1.82) is 0 Å². The van der Waals surface area contributed by atoms with E-state index in [1.807, 2.05) is 13.0 Å². The van der Waals surface area contributed by atoms with Crippen molar-refractivity contribution in [2.45, 2.75) is 54.9 Å². The average molecular weight is 331 g/mol. The zero-order chi connectivity index (χ0) is 16.2. The number of hydrogen-bond donors (Lipinski definition) is 2. The molecule has 1 aromatic carbocycles. The number of aliphatic hydroxyl groups is 1. The SMILES string of the molecule is COc1cc(C(C)NCC2(O)CCCC2)ccc1SC(F)F. The molecule has 1 aliphatic carbocycles. The summed E-state index contributed by atoms with van der Waals surface area (Å²) in [6.45, 7) is 2.54. The van der Waals surface area contributed by atoms with Crippen LogP contribution in [0.5, 0.6) is 5.75 Å². The third-order valence-corrected chi connectivity index (χ3v) is 4.94. The van der Waals surface area contributed by atoms with Gasteiger partial charge in [-0.2, -0.15) is 8.78 Å². The summed E-state index contributed by atoms with van der Waals surface area (Å²) in [5.41, 5.74) is 0.348. The molecule has 1 fully saturated rings. The highest BCUT2D eigenvalue weighted by molar-refractivity contribution is 7.99. The van der Waals surface area contributed by atoms with Crippen molar-refractivity contribution in [2.24, 2.45) is 0 Å². The topological polar surface area (TPSA) is 41.5 Å². The van der Waals surface area contributed by atoms with Crippen LogP contribution in [0.2, 0.25) is 0 Å². The van der Waals surface area contributed by atoms with Gasteiger partial charge in [-0.15, -0.1) is 0 Å². The molecule has 0 aliphatic heterocycles. The first kappa shape index (κ1) is 17.5. The Morgan fingerprint density at radius 2 is 2.05 bits per heavy atom. The monoisotopic (exact) mass is 331 g/mol. The second-order valence-corrected chi connectivity index (χ2v) is 6.85. The summed E-state index contributed by atoms with van der Waals surface area (Å²) < 4.78 is 30.2. The fourth-order valence-electron chi connectivity index (χ4n) is 2.82. The van der Waals surface area contributed by atoms with Gasteiger partial charge in [-0.3, -0.25) is 0 Å². The number of ether oxygens (including phenoxy) is 1. The van der Waals surface area contributed by atoms with Crippen molar-refractivity contribution in [3.63, 3.8) is 0 Å². The van der Waals surface area contributed by atoms with Gasteiger partial charge in [0.25, 0.3) is 5.76 Å². The predicted octanol–water partition coefficient (Wildman–Crippen LogP) is 3.97. The summed E-state index contributed by atoms with van der Waals surface area (Å²) in [4.78, 5) is 0.433. The summed E-state index contributed by atoms with van der Waals surface area (Å²) in [5.74, 6) is -2.01. The summed E-state index contributed by atoms with van der Waals surface area (Å²) in [7, 11) is 1.48. The molecule has 1 aliphatic rings. The number of halogens is 2. The third-order valence-electron chi connectivity index (χ3n) is 4.18. The molecule has 1 unspecified atom stereocenters. The highest BCUT2D eigenvalue weighted by atomic mass is 32.2. The first-order valence-electron chi connectivity index (χ1n) is 7.52. The number of alkyl halides is 2. The van der Waals surface area contributed by atoms with Gasteiger partial charge in [0.15, 0.2) is 0 Å². The minimum atomic E-state index is -2.47. The molecule has 0 saturated heterocycles. The number of thioether (sulfide) groups is 1. The highest BCUT2D eigenvalue weighted by Crippen LogP contribution is 2.35. The average Bonchev–Trinajstić information content (AvgIpc) is 2.92. The molecule has 0 radical (unpaired) electrons. The van der Waals surface area contributed by atoms with Crippen molar-refractivity contribution in [3.05, 3.63) is 23.8 Å². The van der Waals surface area contributed by atoms with E-state index >= 15 is 0 Å². The number of hydrogen-bond acceptors (Lipinski definition) is 4. The van der Waals surface area contributed by atoms with E-state index in [0.717, 1.165) is 31.2 Å². The molecule has 0 spiro atoms. The molecule has 1 atom stereocenters.